The number of urea groups is 1. The summed E-state index contributed by atoms with van der Waals surface area (Å²) in [5.41, 5.74) is 2.90. The molecular weight excluding hydrogens is 421 g/mol. The highest BCUT2D eigenvalue weighted by Crippen LogP contribution is 2.31. The molecule has 3 amide bonds. The van der Waals surface area contributed by atoms with Crippen molar-refractivity contribution in [1.82, 2.24) is 4.90 Å². The van der Waals surface area contributed by atoms with Gasteiger partial charge in [-0.3, -0.25) is 9.69 Å². The number of carbonyl (C=O) groups excluding carboxylic acids is 2. The lowest BCUT2D eigenvalue weighted by molar-refractivity contribution is 0.102. The average molecular weight is 448 g/mol. The molecule has 0 spiro atoms. The minimum atomic E-state index is -0.595. The first kappa shape index (κ1) is 22.3. The van der Waals surface area contributed by atoms with Crippen molar-refractivity contribution in [2.24, 2.45) is 0 Å². The Hall–Kier alpha value is -3.87. The van der Waals surface area contributed by atoms with Crippen molar-refractivity contribution in [3.63, 3.8) is 0 Å². The zero-order valence-electron chi connectivity index (χ0n) is 18.7. The molecule has 7 heteroatoms. The van der Waals surface area contributed by atoms with E-state index in [0.717, 1.165) is 23.3 Å². The Kier molecular flexibility index (Phi) is 6.58. The fourth-order valence-corrected chi connectivity index (χ4v) is 3.96. The molecule has 4 rings (SSSR count). The number of anilines is 2. The summed E-state index contributed by atoms with van der Waals surface area (Å²) >= 11 is 0. The van der Waals surface area contributed by atoms with Gasteiger partial charge in [0.05, 0.1) is 24.0 Å². The normalized spacial score (nSPS) is 13.7. The molecule has 1 aliphatic rings. The van der Waals surface area contributed by atoms with Crippen molar-refractivity contribution in [3.05, 3.63) is 89.2 Å². The van der Waals surface area contributed by atoms with E-state index in [-0.39, 0.29) is 11.6 Å². The van der Waals surface area contributed by atoms with Crippen LogP contribution >= 0.6 is 0 Å². The highest BCUT2D eigenvalue weighted by Gasteiger charge is 2.29. The third-order valence-electron chi connectivity index (χ3n) is 5.63. The molecule has 0 bridgehead atoms. The van der Waals surface area contributed by atoms with Crippen molar-refractivity contribution in [3.8, 4) is 5.75 Å². The Morgan fingerprint density at radius 1 is 1.06 bits per heavy atom. The summed E-state index contributed by atoms with van der Waals surface area (Å²) in [6.07, 6.45) is 0.782. The monoisotopic (exact) mass is 447 g/mol. The van der Waals surface area contributed by atoms with E-state index < -0.39 is 11.7 Å². The van der Waals surface area contributed by atoms with Crippen LogP contribution in [-0.4, -0.2) is 37.0 Å². The number of methoxy groups -OCH3 is 1. The summed E-state index contributed by atoms with van der Waals surface area (Å²) in [6.45, 7) is 3.51. The van der Waals surface area contributed by atoms with Gasteiger partial charge < -0.3 is 15.0 Å². The lowest BCUT2D eigenvalue weighted by Gasteiger charge is -2.36. The highest BCUT2D eigenvalue weighted by molar-refractivity contribution is 6.07. The van der Waals surface area contributed by atoms with Crippen molar-refractivity contribution >= 4 is 23.3 Å². The van der Waals surface area contributed by atoms with E-state index in [9.17, 15) is 14.0 Å². The zero-order chi connectivity index (χ0) is 23.4. The molecule has 0 atom stereocenters. The molecule has 1 aliphatic heterocycles. The summed E-state index contributed by atoms with van der Waals surface area (Å²) < 4.78 is 19.4. The molecule has 1 saturated heterocycles. The predicted octanol–water partition coefficient (Wildman–Crippen LogP) is 5.23. The first-order valence-corrected chi connectivity index (χ1v) is 10.8. The number of aryl methyl sites for hydroxylation is 1. The van der Waals surface area contributed by atoms with Gasteiger partial charge in [-0.2, -0.15) is 0 Å². The van der Waals surface area contributed by atoms with Crippen LogP contribution in [0.2, 0.25) is 0 Å². The van der Waals surface area contributed by atoms with E-state index >= 15 is 0 Å². The van der Waals surface area contributed by atoms with Gasteiger partial charge in [0.15, 0.2) is 0 Å². The minimum absolute atomic E-state index is 0.0467. The van der Waals surface area contributed by atoms with Crippen LogP contribution in [-0.2, 0) is 6.54 Å². The number of hydrogen-bond donors (Lipinski definition) is 1. The van der Waals surface area contributed by atoms with E-state index in [4.69, 9.17) is 4.74 Å². The first-order valence-electron chi connectivity index (χ1n) is 10.8. The van der Waals surface area contributed by atoms with Gasteiger partial charge in [-0.25, -0.2) is 9.18 Å². The molecule has 3 aromatic rings. The Labute approximate surface area is 192 Å². The Morgan fingerprint density at radius 2 is 1.88 bits per heavy atom. The quantitative estimate of drug-likeness (QED) is 0.563. The summed E-state index contributed by atoms with van der Waals surface area (Å²) in [4.78, 5) is 29.6. The molecular formula is C26H26FN3O3. The van der Waals surface area contributed by atoms with E-state index in [2.05, 4.69) is 5.32 Å². The van der Waals surface area contributed by atoms with Gasteiger partial charge in [0.2, 0.25) is 0 Å². The minimum Gasteiger partial charge on any atom is -0.497 e. The van der Waals surface area contributed by atoms with Gasteiger partial charge in [-0.1, -0.05) is 30.3 Å². The van der Waals surface area contributed by atoms with E-state index in [0.29, 0.717) is 31.0 Å². The fourth-order valence-electron chi connectivity index (χ4n) is 3.96. The largest absolute Gasteiger partial charge is 0.497 e. The number of amides is 3. The number of hydrogen-bond acceptors (Lipinski definition) is 3. The second kappa shape index (κ2) is 9.73. The molecule has 6 nitrogen and oxygen atoms in total. The number of nitrogens with one attached hydrogen (secondary N) is 1. The molecule has 0 aromatic heterocycles. The zero-order valence-corrected chi connectivity index (χ0v) is 18.7. The van der Waals surface area contributed by atoms with Crippen LogP contribution in [0.3, 0.4) is 0 Å². The fraction of sp³-hybridized carbons (Fsp3) is 0.231. The Balaban J connectivity index is 1.58. The standard InChI is InChI=1S/C26H26FN3O3/c1-18-11-12-24(23(15-18)28-25(31)21-9-3-4-10-22(21)27)30-14-6-13-29(26(30)32)17-19-7-5-8-20(16-19)33-2/h3-5,7-12,15-16H,6,13-14,17H2,1-2H3,(H,28,31). The molecule has 1 heterocycles. The molecule has 1 N–H and O–H groups in total. The van der Waals surface area contributed by atoms with Crippen LogP contribution in [0, 0.1) is 12.7 Å². The van der Waals surface area contributed by atoms with Gasteiger partial charge in [-0.05, 0) is 60.9 Å². The maximum absolute atomic E-state index is 14.1. The predicted molar refractivity (Wildman–Crippen MR) is 126 cm³/mol. The van der Waals surface area contributed by atoms with Gasteiger partial charge in [0, 0.05) is 19.6 Å². The molecule has 0 unspecified atom stereocenters. The molecule has 3 aromatic carbocycles. The number of rotatable bonds is 6. The van der Waals surface area contributed by atoms with Gasteiger partial charge >= 0.3 is 6.03 Å². The Bertz CT molecular complexity index is 1180. The number of benzene rings is 3. The second-order valence-corrected chi connectivity index (χ2v) is 8.02. The summed E-state index contributed by atoms with van der Waals surface area (Å²) in [5.74, 6) is -0.411. The van der Waals surface area contributed by atoms with Crippen molar-refractivity contribution in [2.45, 2.75) is 19.9 Å². The number of carbonyl (C=O) groups is 2. The van der Waals surface area contributed by atoms with Crippen LogP contribution in [0.25, 0.3) is 0 Å². The molecule has 0 saturated carbocycles. The molecule has 170 valence electrons. The lowest BCUT2D eigenvalue weighted by atomic mass is 10.1. The first-order chi connectivity index (χ1) is 16.0. The van der Waals surface area contributed by atoms with Gasteiger partial charge in [0.25, 0.3) is 5.91 Å². The Morgan fingerprint density at radius 3 is 2.67 bits per heavy atom. The molecule has 33 heavy (non-hydrogen) atoms. The number of ether oxygens (including phenoxy) is 1. The van der Waals surface area contributed by atoms with Crippen LogP contribution < -0.4 is 15.0 Å². The van der Waals surface area contributed by atoms with Gasteiger partial charge in [-0.15, -0.1) is 0 Å². The maximum atomic E-state index is 14.1. The van der Waals surface area contributed by atoms with Crippen molar-refractivity contribution in [2.75, 3.05) is 30.4 Å². The molecule has 1 fully saturated rings. The summed E-state index contributed by atoms with van der Waals surface area (Å²) in [5, 5.41) is 2.80. The van der Waals surface area contributed by atoms with Crippen LogP contribution in [0.5, 0.6) is 5.75 Å². The van der Waals surface area contributed by atoms with Crippen LogP contribution in [0.1, 0.15) is 27.9 Å². The van der Waals surface area contributed by atoms with Crippen molar-refractivity contribution < 1.29 is 18.7 Å². The topological polar surface area (TPSA) is 61.9 Å². The summed E-state index contributed by atoms with van der Waals surface area (Å²) in [7, 11) is 1.61. The van der Waals surface area contributed by atoms with E-state index in [1.165, 1.54) is 18.2 Å². The number of halogens is 1. The third-order valence-corrected chi connectivity index (χ3v) is 5.63. The highest BCUT2D eigenvalue weighted by atomic mass is 19.1. The number of nitrogens with zero attached hydrogens (tertiary/aromatic N) is 2. The lowest BCUT2D eigenvalue weighted by Crippen LogP contribution is -2.49. The molecule has 0 radical (unpaired) electrons. The van der Waals surface area contributed by atoms with Crippen LogP contribution in [0.15, 0.2) is 66.7 Å². The van der Waals surface area contributed by atoms with Gasteiger partial charge in [0.1, 0.15) is 11.6 Å². The smallest absolute Gasteiger partial charge is 0.324 e. The SMILES string of the molecule is COc1cccc(CN2CCCN(c3ccc(C)cc3NC(=O)c3ccccc3F)C2=O)c1. The third kappa shape index (κ3) is 4.98. The maximum Gasteiger partial charge on any atom is 0.324 e. The average Bonchev–Trinajstić information content (AvgIpc) is 2.81. The second-order valence-electron chi connectivity index (χ2n) is 8.02. The van der Waals surface area contributed by atoms with E-state index in [1.54, 1.807) is 29.0 Å². The van der Waals surface area contributed by atoms with Crippen molar-refractivity contribution in [1.29, 1.82) is 0 Å². The molecule has 0 aliphatic carbocycles. The van der Waals surface area contributed by atoms with E-state index in [1.807, 2.05) is 43.3 Å². The summed E-state index contributed by atoms with van der Waals surface area (Å²) in [6, 6.07) is 18.8. The van der Waals surface area contributed by atoms with Crippen LogP contribution in [0.4, 0.5) is 20.6 Å².